The highest BCUT2D eigenvalue weighted by molar-refractivity contribution is 5.92. The summed E-state index contributed by atoms with van der Waals surface area (Å²) in [7, 11) is 0. The maximum Gasteiger partial charge on any atom is 0.306 e. The average molecular weight is 380 g/mol. The number of nitrogens with one attached hydrogen (secondary N) is 1. The number of rotatable bonds is 5. The van der Waals surface area contributed by atoms with E-state index in [-0.39, 0.29) is 17.9 Å². The SMILES string of the molecule is Cc1nc2c3ccccc3nn2c(C)c1CCC(=O)N[C@H]1CC[C@@H](C(=O)O)C1. The van der Waals surface area contributed by atoms with Crippen LogP contribution in [0.1, 0.15) is 42.6 Å². The molecular formula is C21H24N4O3. The van der Waals surface area contributed by atoms with Crippen LogP contribution in [0.3, 0.4) is 0 Å². The Kier molecular flexibility index (Phi) is 4.75. The predicted octanol–water partition coefficient (Wildman–Crippen LogP) is 2.80. The Morgan fingerprint density at radius 3 is 2.79 bits per heavy atom. The molecule has 0 spiro atoms. The Labute approximate surface area is 162 Å². The fraction of sp³-hybridized carbons (Fsp3) is 0.429. The number of aryl methyl sites for hydroxylation is 2. The summed E-state index contributed by atoms with van der Waals surface area (Å²) in [5.41, 5.74) is 4.69. The van der Waals surface area contributed by atoms with Crippen molar-refractivity contribution in [3.63, 3.8) is 0 Å². The van der Waals surface area contributed by atoms with E-state index in [0.717, 1.165) is 39.9 Å². The number of fused-ring (bicyclic) bond motifs is 3. The molecule has 0 saturated heterocycles. The van der Waals surface area contributed by atoms with Gasteiger partial charge in [0.05, 0.1) is 11.4 Å². The number of aliphatic carboxylic acids is 1. The quantitative estimate of drug-likeness (QED) is 0.709. The van der Waals surface area contributed by atoms with Crippen LogP contribution in [0.4, 0.5) is 0 Å². The maximum absolute atomic E-state index is 12.4. The van der Waals surface area contributed by atoms with Gasteiger partial charge in [0, 0.05) is 29.2 Å². The highest BCUT2D eigenvalue weighted by Crippen LogP contribution is 2.26. The van der Waals surface area contributed by atoms with E-state index in [1.54, 1.807) is 0 Å². The Balaban J connectivity index is 1.48. The van der Waals surface area contributed by atoms with Crippen molar-refractivity contribution in [3.8, 4) is 0 Å². The second-order valence-electron chi connectivity index (χ2n) is 7.63. The Hall–Kier alpha value is -2.96. The number of carbonyl (C=O) groups is 2. The smallest absolute Gasteiger partial charge is 0.306 e. The first-order valence-electron chi connectivity index (χ1n) is 9.69. The highest BCUT2D eigenvalue weighted by Gasteiger charge is 2.30. The van der Waals surface area contributed by atoms with Crippen molar-refractivity contribution >= 4 is 28.4 Å². The molecular weight excluding hydrogens is 356 g/mol. The molecule has 2 N–H and O–H groups in total. The summed E-state index contributed by atoms with van der Waals surface area (Å²) in [5, 5.41) is 17.7. The predicted molar refractivity (Wildman–Crippen MR) is 105 cm³/mol. The van der Waals surface area contributed by atoms with Gasteiger partial charge in [-0.2, -0.15) is 5.10 Å². The Morgan fingerprint density at radius 2 is 2.04 bits per heavy atom. The van der Waals surface area contributed by atoms with Crippen molar-refractivity contribution in [1.29, 1.82) is 0 Å². The third kappa shape index (κ3) is 3.32. The third-order valence-corrected chi connectivity index (χ3v) is 5.77. The maximum atomic E-state index is 12.4. The number of amides is 1. The lowest BCUT2D eigenvalue weighted by molar-refractivity contribution is -0.141. The van der Waals surface area contributed by atoms with E-state index < -0.39 is 5.97 Å². The number of hydrogen-bond acceptors (Lipinski definition) is 4. The summed E-state index contributed by atoms with van der Waals surface area (Å²) in [6, 6.07) is 7.89. The van der Waals surface area contributed by atoms with E-state index in [2.05, 4.69) is 10.4 Å². The topological polar surface area (TPSA) is 96.6 Å². The molecule has 0 radical (unpaired) electrons. The van der Waals surface area contributed by atoms with E-state index in [1.807, 2.05) is 42.6 Å². The summed E-state index contributed by atoms with van der Waals surface area (Å²) < 4.78 is 1.86. The lowest BCUT2D eigenvalue weighted by atomic mass is 10.1. The zero-order valence-electron chi connectivity index (χ0n) is 16.1. The molecule has 4 rings (SSSR count). The summed E-state index contributed by atoms with van der Waals surface area (Å²) >= 11 is 0. The molecule has 1 aromatic carbocycles. The molecule has 2 heterocycles. The summed E-state index contributed by atoms with van der Waals surface area (Å²) in [5.74, 6) is -1.15. The van der Waals surface area contributed by atoms with Crippen LogP contribution in [0.2, 0.25) is 0 Å². The van der Waals surface area contributed by atoms with Gasteiger partial charge in [-0.25, -0.2) is 9.50 Å². The summed E-state index contributed by atoms with van der Waals surface area (Å²) in [6.07, 6.45) is 2.81. The van der Waals surface area contributed by atoms with Crippen molar-refractivity contribution in [1.82, 2.24) is 19.9 Å². The van der Waals surface area contributed by atoms with Gasteiger partial charge in [0.2, 0.25) is 5.91 Å². The van der Waals surface area contributed by atoms with Crippen LogP contribution in [0.25, 0.3) is 16.6 Å². The summed E-state index contributed by atoms with van der Waals surface area (Å²) in [6.45, 7) is 3.98. The fourth-order valence-electron chi connectivity index (χ4n) is 4.21. The zero-order chi connectivity index (χ0) is 19.8. The molecule has 2 aromatic heterocycles. The second kappa shape index (κ2) is 7.22. The lowest BCUT2D eigenvalue weighted by Gasteiger charge is -2.14. The van der Waals surface area contributed by atoms with E-state index in [0.29, 0.717) is 25.7 Å². The number of aromatic nitrogens is 3. The number of nitrogens with zero attached hydrogens (tertiary/aromatic N) is 3. The first-order chi connectivity index (χ1) is 13.4. The molecule has 7 heteroatoms. The van der Waals surface area contributed by atoms with Crippen LogP contribution >= 0.6 is 0 Å². The van der Waals surface area contributed by atoms with Crippen molar-refractivity contribution in [2.24, 2.45) is 5.92 Å². The third-order valence-electron chi connectivity index (χ3n) is 5.77. The van der Waals surface area contributed by atoms with Crippen molar-refractivity contribution < 1.29 is 14.7 Å². The lowest BCUT2D eigenvalue weighted by Crippen LogP contribution is -2.33. The highest BCUT2D eigenvalue weighted by atomic mass is 16.4. The molecule has 2 atom stereocenters. The van der Waals surface area contributed by atoms with E-state index >= 15 is 0 Å². The van der Waals surface area contributed by atoms with Crippen molar-refractivity contribution in [3.05, 3.63) is 41.2 Å². The molecule has 28 heavy (non-hydrogen) atoms. The molecule has 3 aromatic rings. The zero-order valence-corrected chi connectivity index (χ0v) is 16.1. The van der Waals surface area contributed by atoms with Crippen LogP contribution in [-0.4, -0.2) is 37.6 Å². The largest absolute Gasteiger partial charge is 0.481 e. The van der Waals surface area contributed by atoms with E-state index in [9.17, 15) is 9.59 Å². The van der Waals surface area contributed by atoms with Crippen LogP contribution in [0, 0.1) is 19.8 Å². The minimum absolute atomic E-state index is 0.0344. The minimum Gasteiger partial charge on any atom is -0.481 e. The minimum atomic E-state index is -0.769. The molecule has 1 fully saturated rings. The van der Waals surface area contributed by atoms with Crippen molar-refractivity contribution in [2.75, 3.05) is 0 Å². The standard InChI is InChI=1S/C21H24N4O3/c1-12-16(9-10-19(26)23-15-8-7-14(11-15)21(27)28)13(2)25-20(22-12)17-5-3-4-6-18(17)24-25/h3-6,14-15H,7-11H2,1-2H3,(H,23,26)(H,27,28)/t14-,15+/m1/s1. The van der Waals surface area contributed by atoms with E-state index in [4.69, 9.17) is 10.1 Å². The number of hydrogen-bond donors (Lipinski definition) is 2. The molecule has 0 bridgehead atoms. The van der Waals surface area contributed by atoms with Gasteiger partial charge in [-0.3, -0.25) is 9.59 Å². The normalized spacial score (nSPS) is 19.4. The van der Waals surface area contributed by atoms with E-state index in [1.165, 1.54) is 0 Å². The van der Waals surface area contributed by atoms with Gasteiger partial charge < -0.3 is 10.4 Å². The fourth-order valence-corrected chi connectivity index (χ4v) is 4.21. The Morgan fingerprint density at radius 1 is 1.25 bits per heavy atom. The van der Waals surface area contributed by atoms with Crippen LogP contribution in [0.5, 0.6) is 0 Å². The summed E-state index contributed by atoms with van der Waals surface area (Å²) in [4.78, 5) is 28.2. The van der Waals surface area contributed by atoms with Gasteiger partial charge in [0.25, 0.3) is 0 Å². The molecule has 146 valence electrons. The van der Waals surface area contributed by atoms with Crippen molar-refractivity contribution in [2.45, 2.75) is 52.0 Å². The van der Waals surface area contributed by atoms with Crippen LogP contribution in [-0.2, 0) is 16.0 Å². The van der Waals surface area contributed by atoms with Gasteiger partial charge >= 0.3 is 5.97 Å². The van der Waals surface area contributed by atoms with Gasteiger partial charge in [-0.15, -0.1) is 0 Å². The average Bonchev–Trinajstić information content (AvgIpc) is 3.27. The monoisotopic (exact) mass is 380 g/mol. The second-order valence-corrected chi connectivity index (χ2v) is 7.63. The van der Waals surface area contributed by atoms with Crippen LogP contribution in [0.15, 0.2) is 24.3 Å². The molecule has 1 saturated carbocycles. The Bertz CT molecular complexity index is 1070. The number of carboxylic acids is 1. The van der Waals surface area contributed by atoms with Gasteiger partial charge in [-0.05, 0) is 57.2 Å². The first-order valence-corrected chi connectivity index (χ1v) is 9.69. The number of benzene rings is 1. The van der Waals surface area contributed by atoms with Gasteiger partial charge in [0.15, 0.2) is 5.65 Å². The van der Waals surface area contributed by atoms with Gasteiger partial charge in [-0.1, -0.05) is 12.1 Å². The molecule has 0 unspecified atom stereocenters. The molecule has 0 aliphatic heterocycles. The molecule has 1 aliphatic rings. The number of carbonyl (C=O) groups excluding carboxylic acids is 1. The molecule has 1 amide bonds. The van der Waals surface area contributed by atoms with Gasteiger partial charge in [0.1, 0.15) is 0 Å². The number of carboxylic acid groups (broad SMARTS) is 1. The first kappa shape index (κ1) is 18.4. The molecule has 1 aliphatic carbocycles. The van der Waals surface area contributed by atoms with Crippen LogP contribution < -0.4 is 5.32 Å². The molecule has 7 nitrogen and oxygen atoms in total.